The van der Waals surface area contributed by atoms with Gasteiger partial charge in [-0.25, -0.2) is 4.99 Å². The van der Waals surface area contributed by atoms with Crippen molar-refractivity contribution in [1.82, 2.24) is 5.32 Å². The number of hydrogen-bond acceptors (Lipinski definition) is 2. The van der Waals surface area contributed by atoms with E-state index in [0.29, 0.717) is 17.8 Å². The van der Waals surface area contributed by atoms with Gasteiger partial charge in [-0.15, -0.1) is 0 Å². The summed E-state index contributed by atoms with van der Waals surface area (Å²) in [6.45, 7) is 3.64. The molecule has 16 heavy (non-hydrogen) atoms. The quantitative estimate of drug-likeness (QED) is 0.607. The van der Waals surface area contributed by atoms with E-state index in [2.05, 4.69) is 23.5 Å². The largest absolute Gasteiger partial charge is 0.370 e. The zero-order valence-corrected chi connectivity index (χ0v) is 10.6. The van der Waals surface area contributed by atoms with Crippen molar-refractivity contribution in [2.75, 3.05) is 12.8 Å². The van der Waals surface area contributed by atoms with Gasteiger partial charge < -0.3 is 11.1 Å². The van der Waals surface area contributed by atoms with E-state index < -0.39 is 0 Å². The van der Waals surface area contributed by atoms with Gasteiger partial charge >= 0.3 is 0 Å². The van der Waals surface area contributed by atoms with Gasteiger partial charge in [-0.05, 0) is 11.8 Å². The van der Waals surface area contributed by atoms with Crippen molar-refractivity contribution in [2.24, 2.45) is 10.7 Å². The first-order valence-corrected chi connectivity index (χ1v) is 6.61. The highest BCUT2D eigenvalue weighted by molar-refractivity contribution is 7.99. The van der Waals surface area contributed by atoms with E-state index in [-0.39, 0.29) is 0 Å². The molecule has 0 aromatic heterocycles. The van der Waals surface area contributed by atoms with E-state index >= 15 is 0 Å². The molecule has 0 aliphatic carbocycles. The monoisotopic (exact) mass is 237 g/mol. The summed E-state index contributed by atoms with van der Waals surface area (Å²) in [6, 6.07) is 10.1. The van der Waals surface area contributed by atoms with E-state index in [0.717, 1.165) is 6.54 Å². The average Bonchev–Trinajstić information content (AvgIpc) is 2.34. The minimum absolute atomic E-state index is 0.518. The lowest BCUT2D eigenvalue weighted by Crippen LogP contribution is -2.35. The molecular formula is C12H19N3S. The summed E-state index contributed by atoms with van der Waals surface area (Å²) in [7, 11) is 0. The molecule has 1 unspecified atom stereocenters. The van der Waals surface area contributed by atoms with E-state index in [1.807, 2.05) is 42.1 Å². The van der Waals surface area contributed by atoms with Crippen LogP contribution in [0.25, 0.3) is 0 Å². The predicted molar refractivity (Wildman–Crippen MR) is 72.7 cm³/mol. The van der Waals surface area contributed by atoms with Crippen LogP contribution < -0.4 is 11.1 Å². The van der Waals surface area contributed by atoms with Crippen LogP contribution in [0.2, 0.25) is 0 Å². The van der Waals surface area contributed by atoms with Crippen LogP contribution >= 0.6 is 11.8 Å². The molecule has 1 rings (SSSR count). The third kappa shape index (κ3) is 5.07. The van der Waals surface area contributed by atoms with Crippen LogP contribution in [0.4, 0.5) is 0 Å². The smallest absolute Gasteiger partial charge is 0.188 e. The normalized spacial score (nSPS) is 13.5. The van der Waals surface area contributed by atoms with Crippen LogP contribution in [-0.4, -0.2) is 24.0 Å². The highest BCUT2D eigenvalue weighted by Gasteiger charge is 1.98. The molecule has 0 radical (unpaired) electrons. The van der Waals surface area contributed by atoms with Crippen molar-refractivity contribution in [3.05, 3.63) is 35.9 Å². The van der Waals surface area contributed by atoms with Crippen LogP contribution in [0.15, 0.2) is 35.3 Å². The van der Waals surface area contributed by atoms with Gasteiger partial charge in [-0.1, -0.05) is 37.3 Å². The zero-order chi connectivity index (χ0) is 11.8. The summed E-state index contributed by atoms with van der Waals surface area (Å²) in [4.78, 5) is 4.27. The SMILES string of the molecule is CSC(C)CNC(N)=NCc1ccccc1. The third-order valence-electron chi connectivity index (χ3n) is 2.25. The van der Waals surface area contributed by atoms with Gasteiger partial charge in [-0.2, -0.15) is 11.8 Å². The summed E-state index contributed by atoms with van der Waals surface area (Å²) < 4.78 is 0. The minimum Gasteiger partial charge on any atom is -0.370 e. The first-order valence-electron chi connectivity index (χ1n) is 5.33. The molecule has 0 bridgehead atoms. The van der Waals surface area contributed by atoms with E-state index in [1.54, 1.807) is 0 Å². The molecule has 1 atom stereocenters. The fourth-order valence-corrected chi connectivity index (χ4v) is 1.40. The number of benzene rings is 1. The van der Waals surface area contributed by atoms with Crippen molar-refractivity contribution >= 4 is 17.7 Å². The number of guanidine groups is 1. The molecular weight excluding hydrogens is 218 g/mol. The van der Waals surface area contributed by atoms with Gasteiger partial charge in [0.05, 0.1) is 6.54 Å². The Bertz CT molecular complexity index is 324. The zero-order valence-electron chi connectivity index (χ0n) is 9.81. The van der Waals surface area contributed by atoms with Gasteiger partial charge in [0.15, 0.2) is 5.96 Å². The Kier molecular flexibility index (Phi) is 5.78. The molecule has 3 nitrogen and oxygen atoms in total. The fraction of sp³-hybridized carbons (Fsp3) is 0.417. The van der Waals surface area contributed by atoms with Crippen LogP contribution in [0.1, 0.15) is 12.5 Å². The van der Waals surface area contributed by atoms with Crippen molar-refractivity contribution in [3.8, 4) is 0 Å². The highest BCUT2D eigenvalue weighted by atomic mass is 32.2. The lowest BCUT2D eigenvalue weighted by Gasteiger charge is -2.10. The van der Waals surface area contributed by atoms with Gasteiger partial charge in [0, 0.05) is 11.8 Å². The lowest BCUT2D eigenvalue weighted by molar-refractivity contribution is 0.841. The summed E-state index contributed by atoms with van der Waals surface area (Å²) in [5.74, 6) is 0.518. The molecule has 3 N–H and O–H groups in total. The summed E-state index contributed by atoms with van der Waals surface area (Å²) in [5.41, 5.74) is 6.93. The second-order valence-corrected chi connectivity index (χ2v) is 4.89. The third-order valence-corrected chi connectivity index (χ3v) is 3.22. The molecule has 0 saturated heterocycles. The van der Waals surface area contributed by atoms with Crippen molar-refractivity contribution in [3.63, 3.8) is 0 Å². The Labute approximate surface area is 102 Å². The minimum atomic E-state index is 0.518. The van der Waals surface area contributed by atoms with Crippen LogP contribution in [-0.2, 0) is 6.54 Å². The van der Waals surface area contributed by atoms with E-state index in [9.17, 15) is 0 Å². The molecule has 0 aliphatic heterocycles. The Morgan fingerprint density at radius 3 is 2.75 bits per heavy atom. The topological polar surface area (TPSA) is 50.4 Å². The summed E-state index contributed by atoms with van der Waals surface area (Å²) >= 11 is 1.81. The number of rotatable bonds is 5. The highest BCUT2D eigenvalue weighted by Crippen LogP contribution is 2.02. The first kappa shape index (κ1) is 12.9. The Hall–Kier alpha value is -1.16. The van der Waals surface area contributed by atoms with Gasteiger partial charge in [-0.3, -0.25) is 0 Å². The number of aliphatic imine (C=N–C) groups is 1. The fourth-order valence-electron chi connectivity index (χ4n) is 1.15. The van der Waals surface area contributed by atoms with Crippen molar-refractivity contribution < 1.29 is 0 Å². The standard InChI is InChI=1S/C12H19N3S/c1-10(16-2)8-14-12(13)15-9-11-6-4-3-5-7-11/h3-7,10H,8-9H2,1-2H3,(H3,13,14,15). The lowest BCUT2D eigenvalue weighted by atomic mass is 10.2. The number of nitrogens with zero attached hydrogens (tertiary/aromatic N) is 1. The molecule has 0 spiro atoms. The van der Waals surface area contributed by atoms with Gasteiger partial charge in [0.2, 0.25) is 0 Å². The maximum Gasteiger partial charge on any atom is 0.188 e. The summed E-state index contributed by atoms with van der Waals surface area (Å²) in [5, 5.41) is 3.66. The average molecular weight is 237 g/mol. The molecule has 1 aromatic rings. The molecule has 88 valence electrons. The Morgan fingerprint density at radius 2 is 2.12 bits per heavy atom. The molecule has 0 aliphatic rings. The second-order valence-electron chi connectivity index (χ2n) is 3.61. The molecule has 4 heteroatoms. The van der Waals surface area contributed by atoms with Crippen LogP contribution in [0.3, 0.4) is 0 Å². The Balaban J connectivity index is 2.34. The van der Waals surface area contributed by atoms with Crippen LogP contribution in [0.5, 0.6) is 0 Å². The molecule has 0 saturated carbocycles. The second kappa shape index (κ2) is 7.17. The van der Waals surface area contributed by atoms with E-state index in [1.165, 1.54) is 5.56 Å². The van der Waals surface area contributed by atoms with Crippen LogP contribution in [0, 0.1) is 0 Å². The number of thioether (sulfide) groups is 1. The maximum absolute atomic E-state index is 5.75. The van der Waals surface area contributed by atoms with Crippen molar-refractivity contribution in [1.29, 1.82) is 0 Å². The molecule has 0 fully saturated rings. The molecule has 0 heterocycles. The molecule has 0 amide bonds. The van der Waals surface area contributed by atoms with Gasteiger partial charge in [0.25, 0.3) is 0 Å². The number of nitrogens with one attached hydrogen (secondary N) is 1. The maximum atomic E-state index is 5.75. The number of hydrogen-bond donors (Lipinski definition) is 2. The van der Waals surface area contributed by atoms with Crippen molar-refractivity contribution in [2.45, 2.75) is 18.7 Å². The Morgan fingerprint density at radius 1 is 1.44 bits per heavy atom. The summed E-state index contributed by atoms with van der Waals surface area (Å²) in [6.07, 6.45) is 2.09. The van der Waals surface area contributed by atoms with E-state index in [4.69, 9.17) is 5.73 Å². The first-order chi connectivity index (χ1) is 7.72. The predicted octanol–water partition coefficient (Wildman–Crippen LogP) is 1.84. The number of nitrogens with two attached hydrogens (primary N) is 1. The van der Waals surface area contributed by atoms with Gasteiger partial charge in [0.1, 0.15) is 0 Å². The molecule has 1 aromatic carbocycles.